The van der Waals surface area contributed by atoms with E-state index in [0.717, 1.165) is 5.56 Å². The molecule has 0 radical (unpaired) electrons. The Morgan fingerprint density at radius 2 is 1.71 bits per heavy atom. The van der Waals surface area contributed by atoms with Gasteiger partial charge < -0.3 is 9.47 Å². The number of nitrogens with zero attached hydrogens (tertiary/aromatic N) is 2. The van der Waals surface area contributed by atoms with Crippen LogP contribution in [0.15, 0.2) is 78.4 Å². The average molecular weight is 414 g/mol. The molecule has 0 N–H and O–H groups in total. The van der Waals surface area contributed by atoms with Gasteiger partial charge >= 0.3 is 0 Å². The number of nitro groups is 1. The van der Waals surface area contributed by atoms with E-state index in [1.54, 1.807) is 30.3 Å². The Labute approximate surface area is 178 Å². The molecular weight excluding hydrogens is 396 g/mol. The minimum Gasteiger partial charge on any atom is -0.493 e. The van der Waals surface area contributed by atoms with Gasteiger partial charge in [0.1, 0.15) is 18.2 Å². The van der Waals surface area contributed by atoms with Gasteiger partial charge in [-0.25, -0.2) is 0 Å². The fourth-order valence-electron chi connectivity index (χ4n) is 2.90. The summed E-state index contributed by atoms with van der Waals surface area (Å²) in [5.74, 6) is -0.0962. The molecular formula is C24H18N2O5. The van der Waals surface area contributed by atoms with Gasteiger partial charge in [-0.1, -0.05) is 60.7 Å². The van der Waals surface area contributed by atoms with Crippen molar-refractivity contribution in [2.75, 3.05) is 7.11 Å². The second-order valence-electron chi connectivity index (χ2n) is 6.46. The van der Waals surface area contributed by atoms with Gasteiger partial charge in [0.15, 0.2) is 11.5 Å². The molecule has 7 nitrogen and oxygen atoms in total. The number of ketones is 1. The van der Waals surface area contributed by atoms with E-state index in [9.17, 15) is 20.2 Å². The highest BCUT2D eigenvalue weighted by Crippen LogP contribution is 2.36. The summed E-state index contributed by atoms with van der Waals surface area (Å²) in [5.41, 5.74) is 0.727. The van der Waals surface area contributed by atoms with Crippen LogP contribution >= 0.6 is 0 Å². The van der Waals surface area contributed by atoms with Crippen LogP contribution in [-0.2, 0) is 6.61 Å². The molecule has 0 atom stereocenters. The van der Waals surface area contributed by atoms with Crippen molar-refractivity contribution in [2.24, 2.45) is 0 Å². The maximum atomic E-state index is 12.6. The summed E-state index contributed by atoms with van der Waals surface area (Å²) in [6.07, 6.45) is 1.19. The first-order chi connectivity index (χ1) is 15.0. The molecule has 0 aliphatic carbocycles. The molecule has 0 fully saturated rings. The highest BCUT2D eigenvalue weighted by Gasteiger charge is 2.21. The first-order valence-corrected chi connectivity index (χ1v) is 9.28. The second kappa shape index (κ2) is 9.85. The molecule has 0 unspecified atom stereocenters. The Hall–Kier alpha value is -4.44. The van der Waals surface area contributed by atoms with Crippen molar-refractivity contribution in [1.82, 2.24) is 0 Å². The molecule has 7 heteroatoms. The van der Waals surface area contributed by atoms with Gasteiger partial charge in [-0.15, -0.1) is 0 Å². The van der Waals surface area contributed by atoms with Crippen molar-refractivity contribution in [3.63, 3.8) is 0 Å². The highest BCUT2D eigenvalue weighted by molar-refractivity contribution is 6.14. The number of allylic oxidation sites excluding steroid dienone is 1. The molecule has 3 aromatic carbocycles. The lowest BCUT2D eigenvalue weighted by molar-refractivity contribution is -0.385. The normalized spacial score (nSPS) is 10.8. The third-order valence-electron chi connectivity index (χ3n) is 4.45. The van der Waals surface area contributed by atoms with Crippen LogP contribution in [-0.4, -0.2) is 17.8 Å². The maximum absolute atomic E-state index is 12.6. The Balaban J connectivity index is 1.99. The molecule has 0 saturated heterocycles. The third kappa shape index (κ3) is 5.14. The smallest absolute Gasteiger partial charge is 0.280 e. The zero-order valence-electron chi connectivity index (χ0n) is 16.6. The SMILES string of the molecule is COc1cc(C=C(C#N)C(=O)c2ccccc2)c([N+](=O)[O-])cc1OCc1ccccc1. The minimum absolute atomic E-state index is 0.0646. The number of benzene rings is 3. The topological polar surface area (TPSA) is 102 Å². The number of hydrogen-bond acceptors (Lipinski definition) is 6. The fraction of sp³-hybridized carbons (Fsp3) is 0.0833. The average Bonchev–Trinajstić information content (AvgIpc) is 2.81. The summed E-state index contributed by atoms with van der Waals surface area (Å²) in [6.45, 7) is 0.194. The van der Waals surface area contributed by atoms with E-state index in [0.29, 0.717) is 5.56 Å². The van der Waals surface area contributed by atoms with Crippen LogP contribution in [0.5, 0.6) is 11.5 Å². The number of carbonyl (C=O) groups excluding carboxylic acids is 1. The number of ether oxygens (including phenoxy) is 2. The molecule has 0 bridgehead atoms. The van der Waals surface area contributed by atoms with E-state index >= 15 is 0 Å². The van der Waals surface area contributed by atoms with E-state index in [-0.39, 0.29) is 34.9 Å². The number of nitriles is 1. The van der Waals surface area contributed by atoms with Gasteiger partial charge in [-0.2, -0.15) is 5.26 Å². The van der Waals surface area contributed by atoms with E-state index in [2.05, 4.69) is 0 Å². The number of Topliss-reactive ketones (excluding diaryl/α,β-unsaturated/α-hetero) is 1. The Bertz CT molecular complexity index is 1170. The van der Waals surface area contributed by atoms with Crippen molar-refractivity contribution in [1.29, 1.82) is 5.26 Å². The van der Waals surface area contributed by atoms with E-state index in [4.69, 9.17) is 9.47 Å². The molecule has 3 aromatic rings. The van der Waals surface area contributed by atoms with Gasteiger partial charge in [0, 0.05) is 5.56 Å². The predicted molar refractivity (Wildman–Crippen MR) is 115 cm³/mol. The van der Waals surface area contributed by atoms with Crippen LogP contribution in [0.2, 0.25) is 0 Å². The van der Waals surface area contributed by atoms with Crippen molar-refractivity contribution in [3.05, 3.63) is 105 Å². The number of rotatable bonds is 8. The molecule has 0 spiro atoms. The molecule has 0 aromatic heterocycles. The van der Waals surface area contributed by atoms with Crippen molar-refractivity contribution in [3.8, 4) is 17.6 Å². The molecule has 0 heterocycles. The molecule has 154 valence electrons. The Morgan fingerprint density at radius 3 is 2.29 bits per heavy atom. The standard InChI is InChI=1S/C24H18N2O5/c1-30-22-13-19(12-20(15-25)24(27)18-10-6-3-7-11-18)21(26(28)29)14-23(22)31-16-17-8-4-2-5-9-17/h2-14H,16H2,1H3. The van der Waals surface area contributed by atoms with Crippen LogP contribution in [0.1, 0.15) is 21.5 Å². The second-order valence-corrected chi connectivity index (χ2v) is 6.46. The molecule has 0 amide bonds. The van der Waals surface area contributed by atoms with Crippen molar-refractivity contribution in [2.45, 2.75) is 6.61 Å². The van der Waals surface area contributed by atoms with Crippen LogP contribution in [0.4, 0.5) is 5.69 Å². The zero-order chi connectivity index (χ0) is 22.2. The fourth-order valence-corrected chi connectivity index (χ4v) is 2.90. The lowest BCUT2D eigenvalue weighted by Gasteiger charge is -2.12. The van der Waals surface area contributed by atoms with E-state index in [1.165, 1.54) is 25.3 Å². The molecule has 0 aliphatic rings. The number of methoxy groups -OCH3 is 1. The van der Waals surface area contributed by atoms with Gasteiger partial charge in [0.2, 0.25) is 5.78 Å². The quantitative estimate of drug-likeness (QED) is 0.169. The van der Waals surface area contributed by atoms with Crippen LogP contribution in [0, 0.1) is 21.4 Å². The van der Waals surface area contributed by atoms with Gasteiger partial charge in [-0.3, -0.25) is 14.9 Å². The van der Waals surface area contributed by atoms with Gasteiger partial charge in [-0.05, 0) is 17.7 Å². The molecule has 0 aliphatic heterocycles. The molecule has 3 rings (SSSR count). The summed E-state index contributed by atoms with van der Waals surface area (Å²) in [5, 5.41) is 21.1. The largest absolute Gasteiger partial charge is 0.493 e. The lowest BCUT2D eigenvalue weighted by atomic mass is 10.0. The lowest BCUT2D eigenvalue weighted by Crippen LogP contribution is -2.03. The van der Waals surface area contributed by atoms with Crippen LogP contribution in [0.25, 0.3) is 6.08 Å². The predicted octanol–water partition coefficient (Wildman–Crippen LogP) is 4.97. The first kappa shape index (κ1) is 21.3. The zero-order valence-corrected chi connectivity index (χ0v) is 16.6. The molecule has 0 saturated carbocycles. The highest BCUT2D eigenvalue weighted by atomic mass is 16.6. The third-order valence-corrected chi connectivity index (χ3v) is 4.45. The maximum Gasteiger partial charge on any atom is 0.280 e. The summed E-state index contributed by atoms with van der Waals surface area (Å²) < 4.78 is 11.1. The van der Waals surface area contributed by atoms with Crippen molar-refractivity contribution >= 4 is 17.5 Å². The minimum atomic E-state index is -0.595. The number of hydrogen-bond donors (Lipinski definition) is 0. The van der Waals surface area contributed by atoms with E-state index in [1.807, 2.05) is 36.4 Å². The van der Waals surface area contributed by atoms with Crippen LogP contribution < -0.4 is 9.47 Å². The summed E-state index contributed by atoms with van der Waals surface area (Å²) in [6, 6.07) is 22.0. The number of carbonyl (C=O) groups is 1. The van der Waals surface area contributed by atoms with Gasteiger partial charge in [0.05, 0.1) is 23.7 Å². The monoisotopic (exact) mass is 414 g/mol. The molecule has 31 heavy (non-hydrogen) atoms. The number of nitro benzene ring substituents is 1. The summed E-state index contributed by atoms with van der Waals surface area (Å²) in [4.78, 5) is 23.7. The van der Waals surface area contributed by atoms with Crippen molar-refractivity contribution < 1.29 is 19.2 Å². The summed E-state index contributed by atoms with van der Waals surface area (Å²) >= 11 is 0. The Morgan fingerprint density at radius 1 is 1.06 bits per heavy atom. The van der Waals surface area contributed by atoms with Crippen LogP contribution in [0.3, 0.4) is 0 Å². The van der Waals surface area contributed by atoms with E-state index < -0.39 is 10.7 Å². The summed E-state index contributed by atoms with van der Waals surface area (Å²) in [7, 11) is 1.41. The Kier molecular flexibility index (Phi) is 6.76. The first-order valence-electron chi connectivity index (χ1n) is 9.28. The van der Waals surface area contributed by atoms with Gasteiger partial charge in [0.25, 0.3) is 5.69 Å².